The molecular formula is C47H51Cl3Zr. The van der Waals surface area contributed by atoms with Crippen LogP contribution in [0.4, 0.5) is 0 Å². The van der Waals surface area contributed by atoms with Crippen LogP contribution >= 0.6 is 11.6 Å². The molecule has 0 heterocycles. The van der Waals surface area contributed by atoms with Crippen molar-refractivity contribution >= 4 is 14.8 Å². The first kappa shape index (κ1) is 38.7. The van der Waals surface area contributed by atoms with Gasteiger partial charge in [0.05, 0.1) is 0 Å². The van der Waals surface area contributed by atoms with E-state index in [9.17, 15) is 0 Å². The van der Waals surface area contributed by atoms with Crippen LogP contribution in [0.5, 0.6) is 0 Å². The van der Waals surface area contributed by atoms with Gasteiger partial charge in [0.25, 0.3) is 0 Å². The van der Waals surface area contributed by atoms with Gasteiger partial charge in [-0.1, -0.05) is 0 Å². The van der Waals surface area contributed by atoms with Crippen LogP contribution in [0.25, 0.3) is 0 Å². The van der Waals surface area contributed by atoms with E-state index in [-0.39, 0.29) is 62.7 Å². The van der Waals surface area contributed by atoms with Gasteiger partial charge in [-0.15, -0.1) is 0 Å². The monoisotopic (exact) mass is 810 g/mol. The van der Waals surface area contributed by atoms with Crippen molar-refractivity contribution in [1.29, 1.82) is 0 Å². The van der Waals surface area contributed by atoms with Crippen LogP contribution in [-0.2, 0) is 21.3 Å². The minimum Gasteiger partial charge on any atom is -1.00 e. The number of halogens is 3. The van der Waals surface area contributed by atoms with E-state index in [0.717, 1.165) is 11.4 Å². The van der Waals surface area contributed by atoms with E-state index < -0.39 is 21.3 Å². The molecule has 2 aromatic rings. The average Bonchev–Trinajstić information content (AvgIpc) is 3.68. The van der Waals surface area contributed by atoms with Crippen molar-refractivity contribution in [2.24, 2.45) is 43.8 Å². The van der Waals surface area contributed by atoms with Crippen molar-refractivity contribution in [3.63, 3.8) is 0 Å². The standard InChI is InChI=1S/C29H37.C13H9Cl.C5H5.2ClH.Zr/c1-21-14-13-15-22-20-27(6)25(4)18-10-9-16-23(25,2)24(3)17-11-12-19-26(24,5)29(27,8)28(21,22)7;14-13-8-4-7-12(10-13)9-11-5-2-1-3-6-11;1-2-4-5-3-1;;;/h9-20,22H,1-8H3;1-8,10H;1-3H,4H2;2*1H;/q;;;;;+2/p-2. The van der Waals surface area contributed by atoms with Crippen molar-refractivity contribution in [3.8, 4) is 0 Å². The number of rotatable bonds is 4. The van der Waals surface area contributed by atoms with Crippen LogP contribution in [0.2, 0.25) is 8.65 Å². The molecule has 9 unspecified atom stereocenters. The number of allylic oxidation sites excluding steroid dienone is 16. The summed E-state index contributed by atoms with van der Waals surface area (Å²) in [4.78, 5) is 0. The summed E-state index contributed by atoms with van der Waals surface area (Å²) in [6, 6.07) is 20.2. The van der Waals surface area contributed by atoms with Crippen LogP contribution in [0.3, 0.4) is 0 Å². The van der Waals surface area contributed by atoms with Gasteiger partial charge in [0.2, 0.25) is 0 Å². The molecular weight excluding hydrogens is 762 g/mol. The van der Waals surface area contributed by atoms with E-state index >= 15 is 0 Å². The molecule has 6 aliphatic rings. The third-order valence-corrected chi connectivity index (χ3v) is 25.8. The van der Waals surface area contributed by atoms with Crippen molar-refractivity contribution in [3.05, 3.63) is 165 Å². The second-order valence-corrected chi connectivity index (χ2v) is 23.8. The quantitative estimate of drug-likeness (QED) is 0.326. The fourth-order valence-electron chi connectivity index (χ4n) is 13.1. The largest absolute Gasteiger partial charge is 1.00 e. The summed E-state index contributed by atoms with van der Waals surface area (Å²) < 4.78 is 3.77. The third-order valence-electron chi connectivity index (χ3n) is 16.4. The number of hydrogen-bond acceptors (Lipinski definition) is 0. The molecule has 2 saturated carbocycles. The Morgan fingerprint density at radius 3 is 1.86 bits per heavy atom. The van der Waals surface area contributed by atoms with Gasteiger partial charge in [0.15, 0.2) is 0 Å². The Morgan fingerprint density at radius 1 is 0.667 bits per heavy atom. The SMILES string of the molecule is CC1=CC=CC2[CH](/[Zr+2]([C]3=CC=CC3)=[C](\c3ccccc3)c3cccc(Cl)c3)C3(C)C4(C)C=CC=CC4(C)C4(C)C=CC=CC4(C)C3(C)C12C.[Cl-].[Cl-]. The zero-order valence-corrected chi connectivity index (χ0v) is 36.0. The zero-order valence-electron chi connectivity index (χ0n) is 31.3. The van der Waals surface area contributed by atoms with E-state index in [1.165, 1.54) is 16.7 Å². The Hall–Kier alpha value is -2.02. The van der Waals surface area contributed by atoms with Crippen molar-refractivity contribution in [2.45, 2.75) is 65.4 Å². The molecule has 0 radical (unpaired) electrons. The van der Waals surface area contributed by atoms with Crippen LogP contribution in [0.15, 0.2) is 149 Å². The van der Waals surface area contributed by atoms with E-state index in [2.05, 4.69) is 189 Å². The first-order chi connectivity index (χ1) is 23.3. The first-order valence-electron chi connectivity index (χ1n) is 18.3. The molecule has 8 rings (SSSR count). The average molecular weight is 814 g/mol. The molecule has 0 aromatic heterocycles. The van der Waals surface area contributed by atoms with Gasteiger partial charge in [0.1, 0.15) is 0 Å². The fourth-order valence-corrected chi connectivity index (χ4v) is 24.5. The minimum atomic E-state index is -2.98. The van der Waals surface area contributed by atoms with E-state index in [4.69, 9.17) is 11.6 Å². The molecule has 2 fully saturated rings. The molecule has 0 N–H and O–H groups in total. The van der Waals surface area contributed by atoms with Crippen molar-refractivity contribution in [2.75, 3.05) is 0 Å². The van der Waals surface area contributed by atoms with Crippen LogP contribution < -0.4 is 24.8 Å². The van der Waals surface area contributed by atoms with Gasteiger partial charge >= 0.3 is 310 Å². The molecule has 0 amide bonds. The van der Waals surface area contributed by atoms with Gasteiger partial charge in [-0.25, -0.2) is 0 Å². The van der Waals surface area contributed by atoms with E-state index in [0.29, 0.717) is 9.54 Å². The van der Waals surface area contributed by atoms with Crippen LogP contribution in [-0.4, -0.2) is 3.21 Å². The summed E-state index contributed by atoms with van der Waals surface area (Å²) in [6.45, 7) is 21.2. The minimum absolute atomic E-state index is 0. The Balaban J connectivity index is 0.00000224. The Bertz CT molecular complexity index is 2040. The molecule has 2 aromatic carbocycles. The van der Waals surface area contributed by atoms with Crippen LogP contribution in [0, 0.1) is 43.8 Å². The second-order valence-electron chi connectivity index (χ2n) is 17.0. The molecule has 6 aliphatic carbocycles. The molecule has 0 aliphatic heterocycles. The zero-order chi connectivity index (χ0) is 34.7. The summed E-state index contributed by atoms with van der Waals surface area (Å²) in [7, 11) is 0. The topological polar surface area (TPSA) is 0 Å². The predicted octanol–water partition coefficient (Wildman–Crippen LogP) is 6.62. The third kappa shape index (κ3) is 4.39. The molecule has 0 spiro atoms. The van der Waals surface area contributed by atoms with Gasteiger partial charge in [-0.3, -0.25) is 0 Å². The maximum Gasteiger partial charge on any atom is -1.00 e. The molecule has 4 heteroatoms. The van der Waals surface area contributed by atoms with Gasteiger partial charge < -0.3 is 24.8 Å². The normalized spacial score (nSPS) is 40.9. The van der Waals surface area contributed by atoms with E-state index in [1.807, 2.05) is 6.07 Å². The maximum absolute atomic E-state index is 6.89. The Labute approximate surface area is 332 Å². The van der Waals surface area contributed by atoms with Gasteiger partial charge in [-0.2, -0.15) is 0 Å². The summed E-state index contributed by atoms with van der Waals surface area (Å²) >= 11 is 3.90. The number of hydrogen-bond donors (Lipinski definition) is 0. The van der Waals surface area contributed by atoms with Crippen molar-refractivity contribution in [1.82, 2.24) is 0 Å². The Morgan fingerprint density at radius 2 is 1.25 bits per heavy atom. The summed E-state index contributed by atoms with van der Waals surface area (Å²) in [5.41, 5.74) is 3.44. The maximum atomic E-state index is 6.89. The molecule has 0 nitrogen and oxygen atoms in total. The van der Waals surface area contributed by atoms with Crippen LogP contribution in [0.1, 0.15) is 72.9 Å². The fraction of sp³-hybridized carbons (Fsp3) is 0.383. The summed E-state index contributed by atoms with van der Waals surface area (Å²) in [5.74, 6) is 0.389. The molecule has 0 bridgehead atoms. The van der Waals surface area contributed by atoms with Gasteiger partial charge in [0, 0.05) is 0 Å². The number of fused-ring (bicyclic) bond motifs is 8. The molecule has 51 heavy (non-hydrogen) atoms. The van der Waals surface area contributed by atoms with Crippen molar-refractivity contribution < 1.29 is 46.1 Å². The summed E-state index contributed by atoms with van der Waals surface area (Å²) in [5, 5.41) is 0.816. The second kappa shape index (κ2) is 12.8. The summed E-state index contributed by atoms with van der Waals surface area (Å²) in [6.07, 6.45) is 35.9. The van der Waals surface area contributed by atoms with E-state index in [1.54, 1.807) is 6.49 Å². The molecule has 264 valence electrons. The Kier molecular flexibility index (Phi) is 9.71. The predicted molar refractivity (Wildman–Crippen MR) is 206 cm³/mol. The number of benzene rings is 2. The molecule has 9 atom stereocenters. The molecule has 0 saturated heterocycles. The first-order valence-corrected chi connectivity index (χ1v) is 22.5. The van der Waals surface area contributed by atoms with Gasteiger partial charge in [-0.05, 0) is 0 Å². The smallest absolute Gasteiger partial charge is 1.00 e.